The number of carbonyl (C=O) groups excluding carboxylic acids is 3. The second kappa shape index (κ2) is 7.22. The number of hydrogen-bond acceptors (Lipinski definition) is 5. The van der Waals surface area contributed by atoms with Crippen molar-refractivity contribution in [3.8, 4) is 0 Å². The molecule has 4 N–H and O–H groups in total. The zero-order valence-electron chi connectivity index (χ0n) is 13.5. The number of rotatable bonds is 5. The SMILES string of the molecule is CC(=O)O[N+]1(C(=O)c2ccccc2)CC(CCCNC(=N)N)C1=O. The number of nitrogens with one attached hydrogen (secondary N) is 2. The molecule has 8 nitrogen and oxygen atoms in total. The summed E-state index contributed by atoms with van der Waals surface area (Å²) < 4.78 is -0.913. The molecule has 1 aliphatic rings. The van der Waals surface area contributed by atoms with Gasteiger partial charge in [0.2, 0.25) is 0 Å². The van der Waals surface area contributed by atoms with E-state index >= 15 is 0 Å². The van der Waals surface area contributed by atoms with E-state index in [0.717, 1.165) is 0 Å². The minimum absolute atomic E-state index is 0.126. The van der Waals surface area contributed by atoms with Gasteiger partial charge in [-0.3, -0.25) is 10.2 Å². The molecule has 1 fully saturated rings. The minimum atomic E-state index is -0.913. The van der Waals surface area contributed by atoms with E-state index in [9.17, 15) is 14.4 Å². The van der Waals surface area contributed by atoms with Crippen molar-refractivity contribution < 1.29 is 23.9 Å². The summed E-state index contributed by atoms with van der Waals surface area (Å²) in [6, 6.07) is 8.31. The molecule has 0 spiro atoms. The third-order valence-electron chi connectivity index (χ3n) is 3.86. The van der Waals surface area contributed by atoms with Gasteiger partial charge in [-0.05, 0) is 29.6 Å². The Morgan fingerprint density at radius 2 is 2.04 bits per heavy atom. The highest BCUT2D eigenvalue weighted by Crippen LogP contribution is 2.34. The Morgan fingerprint density at radius 1 is 1.38 bits per heavy atom. The van der Waals surface area contributed by atoms with E-state index in [4.69, 9.17) is 16.0 Å². The summed E-state index contributed by atoms with van der Waals surface area (Å²) >= 11 is 0. The number of hydroxylamine groups is 3. The van der Waals surface area contributed by atoms with Crippen LogP contribution in [0.3, 0.4) is 0 Å². The highest BCUT2D eigenvalue weighted by molar-refractivity contribution is 5.98. The molecule has 1 aliphatic heterocycles. The third-order valence-corrected chi connectivity index (χ3v) is 3.86. The summed E-state index contributed by atoms with van der Waals surface area (Å²) in [5.41, 5.74) is 5.51. The van der Waals surface area contributed by atoms with Crippen LogP contribution < -0.4 is 11.1 Å². The summed E-state index contributed by atoms with van der Waals surface area (Å²) in [6.45, 7) is 1.78. The van der Waals surface area contributed by atoms with E-state index in [0.29, 0.717) is 24.9 Å². The lowest BCUT2D eigenvalue weighted by Crippen LogP contribution is -2.71. The van der Waals surface area contributed by atoms with Crippen molar-refractivity contribution in [3.05, 3.63) is 35.9 Å². The van der Waals surface area contributed by atoms with Crippen molar-refractivity contribution in [1.29, 1.82) is 5.41 Å². The Bertz CT molecular complexity index is 661. The highest BCUT2D eigenvalue weighted by atomic mass is 16.8. The fraction of sp³-hybridized carbons (Fsp3) is 0.375. The quantitative estimate of drug-likeness (QED) is 0.180. The van der Waals surface area contributed by atoms with Gasteiger partial charge in [-0.25, -0.2) is 14.4 Å². The van der Waals surface area contributed by atoms with Crippen LogP contribution in [0.25, 0.3) is 0 Å². The second-order valence-electron chi connectivity index (χ2n) is 5.69. The van der Waals surface area contributed by atoms with Gasteiger partial charge in [0.25, 0.3) is 0 Å². The number of benzene rings is 1. The van der Waals surface area contributed by atoms with Crippen LogP contribution in [0, 0.1) is 11.3 Å². The molecule has 2 rings (SSSR count). The van der Waals surface area contributed by atoms with Gasteiger partial charge in [-0.1, -0.05) is 18.2 Å². The molecule has 0 aromatic heterocycles. The fourth-order valence-corrected chi connectivity index (χ4v) is 2.76. The lowest BCUT2D eigenvalue weighted by molar-refractivity contribution is -0.985. The van der Waals surface area contributed by atoms with Gasteiger partial charge >= 0.3 is 17.8 Å². The molecule has 128 valence electrons. The number of carbonyl (C=O) groups is 3. The maximum Gasteiger partial charge on any atom is 0.394 e. The van der Waals surface area contributed by atoms with Gasteiger partial charge in [-0.2, -0.15) is 0 Å². The van der Waals surface area contributed by atoms with Crippen LogP contribution >= 0.6 is 0 Å². The van der Waals surface area contributed by atoms with Crippen molar-refractivity contribution in [3.63, 3.8) is 0 Å². The predicted octanol–water partition coefficient (Wildman–Crippen LogP) is 0.541. The lowest BCUT2D eigenvalue weighted by atomic mass is 9.91. The Labute approximate surface area is 139 Å². The van der Waals surface area contributed by atoms with Crippen molar-refractivity contribution in [1.82, 2.24) is 5.32 Å². The van der Waals surface area contributed by atoms with Crippen molar-refractivity contribution in [2.75, 3.05) is 13.1 Å². The van der Waals surface area contributed by atoms with E-state index in [-0.39, 0.29) is 18.4 Å². The molecule has 1 aromatic carbocycles. The highest BCUT2D eigenvalue weighted by Gasteiger charge is 2.64. The van der Waals surface area contributed by atoms with E-state index in [1.165, 1.54) is 6.92 Å². The number of β-lactam (4-membered cyclic amide) rings is 1. The van der Waals surface area contributed by atoms with Crippen LogP contribution in [-0.4, -0.2) is 41.5 Å². The third kappa shape index (κ3) is 3.60. The van der Waals surface area contributed by atoms with Crippen LogP contribution in [0.1, 0.15) is 30.1 Å². The number of nitrogens with two attached hydrogens (primary N) is 1. The van der Waals surface area contributed by atoms with Gasteiger partial charge in [0.15, 0.2) is 12.5 Å². The van der Waals surface area contributed by atoms with Gasteiger partial charge < -0.3 is 11.1 Å². The second-order valence-corrected chi connectivity index (χ2v) is 5.69. The van der Waals surface area contributed by atoms with Crippen LogP contribution in [0.15, 0.2) is 30.3 Å². The fourth-order valence-electron chi connectivity index (χ4n) is 2.76. The molecule has 1 saturated heterocycles. The average molecular weight is 333 g/mol. The minimum Gasteiger partial charge on any atom is -0.370 e. The molecule has 0 radical (unpaired) electrons. The van der Waals surface area contributed by atoms with E-state index in [1.807, 2.05) is 0 Å². The Morgan fingerprint density at radius 3 is 2.58 bits per heavy atom. The molecule has 2 amide bonds. The topological polar surface area (TPSA) is 122 Å². The Kier molecular flexibility index (Phi) is 5.30. The van der Waals surface area contributed by atoms with E-state index in [2.05, 4.69) is 5.32 Å². The van der Waals surface area contributed by atoms with Crippen LogP contribution in [0.4, 0.5) is 0 Å². The van der Waals surface area contributed by atoms with Crippen LogP contribution in [0.5, 0.6) is 0 Å². The number of guanidine groups is 1. The van der Waals surface area contributed by atoms with Crippen LogP contribution in [0.2, 0.25) is 0 Å². The number of hydrogen-bond donors (Lipinski definition) is 3. The van der Waals surface area contributed by atoms with E-state index < -0.39 is 22.4 Å². The summed E-state index contributed by atoms with van der Waals surface area (Å²) in [5.74, 6) is -2.11. The molecule has 2 unspecified atom stereocenters. The van der Waals surface area contributed by atoms with Crippen LogP contribution in [-0.2, 0) is 14.4 Å². The maximum absolute atomic E-state index is 12.7. The number of amides is 2. The smallest absolute Gasteiger partial charge is 0.370 e. The Hall–Kier alpha value is -2.74. The molecule has 0 bridgehead atoms. The largest absolute Gasteiger partial charge is 0.394 e. The summed E-state index contributed by atoms with van der Waals surface area (Å²) in [7, 11) is 0. The molecule has 2 atom stereocenters. The zero-order valence-corrected chi connectivity index (χ0v) is 13.5. The van der Waals surface area contributed by atoms with E-state index in [1.54, 1.807) is 30.3 Å². The zero-order chi connectivity index (χ0) is 17.7. The number of imide groups is 1. The molecule has 24 heavy (non-hydrogen) atoms. The van der Waals surface area contributed by atoms with Crippen molar-refractivity contribution in [2.24, 2.45) is 11.7 Å². The number of likely N-dealkylation sites (tertiary alicyclic amines) is 1. The van der Waals surface area contributed by atoms with Gasteiger partial charge in [-0.15, -0.1) is 0 Å². The Balaban J connectivity index is 2.06. The monoisotopic (exact) mass is 333 g/mol. The first-order chi connectivity index (χ1) is 11.4. The average Bonchev–Trinajstić information content (AvgIpc) is 2.55. The molecule has 8 heteroatoms. The first-order valence-corrected chi connectivity index (χ1v) is 7.67. The standard InChI is InChI=1S/C16H21N4O4/c1-11(21)24-20(14(22)12-6-3-2-4-7-12)10-13(15(20)23)8-5-9-19-16(17)18/h2-4,6-7,13H,5,8-10H2,1H3,(H4,17,18,19)/q+1. The van der Waals surface area contributed by atoms with Crippen molar-refractivity contribution >= 4 is 23.7 Å². The lowest BCUT2D eigenvalue weighted by Gasteiger charge is -2.40. The van der Waals surface area contributed by atoms with Crippen molar-refractivity contribution in [2.45, 2.75) is 19.8 Å². The summed E-state index contributed by atoms with van der Waals surface area (Å²) in [4.78, 5) is 41.7. The molecule has 1 heterocycles. The first-order valence-electron chi connectivity index (χ1n) is 7.67. The number of nitrogens with zero attached hydrogens (tertiary/aromatic N) is 1. The molecule has 1 aromatic rings. The van der Waals surface area contributed by atoms with Gasteiger partial charge in [0.1, 0.15) is 5.92 Å². The van der Waals surface area contributed by atoms with Gasteiger partial charge in [0, 0.05) is 13.5 Å². The summed E-state index contributed by atoms with van der Waals surface area (Å²) in [5, 5.41) is 9.72. The summed E-state index contributed by atoms with van der Waals surface area (Å²) in [6.07, 6.45) is 1.15. The molecular formula is C16H21N4O4+. The molecule has 0 aliphatic carbocycles. The first kappa shape index (κ1) is 17.6. The molecular weight excluding hydrogens is 312 g/mol. The predicted molar refractivity (Wildman–Crippen MR) is 85.3 cm³/mol. The normalized spacial score (nSPS) is 22.4. The molecule has 0 saturated carbocycles. The maximum atomic E-state index is 12.7. The number of quaternary nitrogens is 1. The van der Waals surface area contributed by atoms with Gasteiger partial charge in [0.05, 0.1) is 5.56 Å².